The molecule has 0 bridgehead atoms. The quantitative estimate of drug-likeness (QED) is 0.273. The molecule has 0 atom stereocenters. The molecule has 0 aliphatic rings. The van der Waals surface area contributed by atoms with Crippen LogP contribution < -0.4 is 5.14 Å². The predicted octanol–water partition coefficient (Wildman–Crippen LogP) is 5.09. The van der Waals surface area contributed by atoms with Crippen molar-refractivity contribution in [2.45, 2.75) is 22.3 Å². The molecule has 4 rings (SSSR count). The molecule has 4 heterocycles. The van der Waals surface area contributed by atoms with E-state index < -0.39 is 31.0 Å². The van der Waals surface area contributed by atoms with Gasteiger partial charge >= 0.3 is 0 Å². The molecule has 4 aromatic heterocycles. The molecule has 0 aliphatic carbocycles. The van der Waals surface area contributed by atoms with Gasteiger partial charge in [0.05, 0.1) is 0 Å². The SMILES string of the molecule is Cc1cc(S(=O)(=O)Cl)sc1-c1ccc(F)nc1.Cc1cc(S(N)(=O)=O)sc1-c1ccc(F)nc1. The summed E-state index contributed by atoms with van der Waals surface area (Å²) in [7, 11) is -2.16. The standard InChI is InChI=1S/C10H7ClFNO2S2.C10H9FN2O2S2/c1-6-4-9(17(11,14)15)16-10(6)7-2-3-8(12)13-5-7;1-6-4-9(17(12,14)15)16-10(6)7-2-3-8(11)13-5-7/h2-5H,1H3;2-5H,1H3,(H2,12,14,15). The van der Waals surface area contributed by atoms with Crippen LogP contribution in [0, 0.1) is 25.7 Å². The average molecular weight is 564 g/mol. The molecule has 7 nitrogen and oxygen atoms in total. The summed E-state index contributed by atoms with van der Waals surface area (Å²) in [4.78, 5) is 8.50. The second kappa shape index (κ2) is 10.1. The number of sulfonamides is 1. The molecular weight excluding hydrogens is 548 g/mol. The van der Waals surface area contributed by atoms with E-state index in [-0.39, 0.29) is 8.42 Å². The Labute approximate surface area is 207 Å². The molecule has 0 spiro atoms. The molecule has 2 N–H and O–H groups in total. The van der Waals surface area contributed by atoms with Crippen molar-refractivity contribution >= 4 is 52.4 Å². The number of rotatable bonds is 4. The van der Waals surface area contributed by atoms with Crippen LogP contribution in [0.1, 0.15) is 11.1 Å². The lowest BCUT2D eigenvalue weighted by molar-refractivity contribution is 0.583. The van der Waals surface area contributed by atoms with Gasteiger partial charge in [-0.25, -0.2) is 31.9 Å². The lowest BCUT2D eigenvalue weighted by Gasteiger charge is -1.98. The van der Waals surface area contributed by atoms with Crippen LogP contribution in [0.15, 0.2) is 57.2 Å². The van der Waals surface area contributed by atoms with Gasteiger partial charge in [-0.3, -0.25) is 0 Å². The number of nitrogens with two attached hydrogens (primary N) is 1. The van der Waals surface area contributed by atoms with E-state index in [1.165, 1.54) is 36.7 Å². The van der Waals surface area contributed by atoms with Gasteiger partial charge < -0.3 is 0 Å². The van der Waals surface area contributed by atoms with Gasteiger partial charge in [-0.2, -0.15) is 8.78 Å². The van der Waals surface area contributed by atoms with Gasteiger partial charge in [0.25, 0.3) is 9.05 Å². The summed E-state index contributed by atoms with van der Waals surface area (Å²) in [6.07, 6.45) is 2.72. The number of halogens is 3. The van der Waals surface area contributed by atoms with Crippen LogP contribution in [0.5, 0.6) is 0 Å². The van der Waals surface area contributed by atoms with E-state index in [0.717, 1.165) is 43.6 Å². The first-order valence-electron chi connectivity index (χ1n) is 9.18. The van der Waals surface area contributed by atoms with Crippen molar-refractivity contribution in [3.05, 3.63) is 71.8 Å². The first kappa shape index (κ1) is 26.3. The molecule has 0 aliphatic heterocycles. The van der Waals surface area contributed by atoms with Gasteiger partial charge in [0, 0.05) is 44.0 Å². The monoisotopic (exact) mass is 563 g/mol. The van der Waals surface area contributed by atoms with Crippen LogP contribution in [-0.2, 0) is 19.1 Å². The molecule has 34 heavy (non-hydrogen) atoms. The number of hydrogen-bond donors (Lipinski definition) is 1. The normalized spacial score (nSPS) is 11.7. The molecule has 0 amide bonds. The summed E-state index contributed by atoms with van der Waals surface area (Å²) < 4.78 is 70.3. The predicted molar refractivity (Wildman–Crippen MR) is 129 cm³/mol. The minimum Gasteiger partial charge on any atom is -0.228 e. The lowest BCUT2D eigenvalue weighted by Crippen LogP contribution is -2.09. The summed E-state index contributed by atoms with van der Waals surface area (Å²) in [5, 5.41) is 5.05. The van der Waals surface area contributed by atoms with E-state index in [9.17, 15) is 25.6 Å². The van der Waals surface area contributed by atoms with Crippen molar-refractivity contribution in [3.8, 4) is 20.9 Å². The summed E-state index contributed by atoms with van der Waals surface area (Å²) in [6.45, 7) is 3.53. The maximum Gasteiger partial charge on any atom is 0.270 e. The van der Waals surface area contributed by atoms with Gasteiger partial charge in [-0.1, -0.05) is 0 Å². The first-order valence-corrected chi connectivity index (χ1v) is 14.7. The zero-order valence-corrected chi connectivity index (χ0v) is 21.5. The van der Waals surface area contributed by atoms with E-state index >= 15 is 0 Å². The molecule has 0 saturated carbocycles. The van der Waals surface area contributed by atoms with Crippen molar-refractivity contribution in [1.82, 2.24) is 9.97 Å². The fraction of sp³-hybridized carbons (Fsp3) is 0.100. The van der Waals surface area contributed by atoms with Crippen molar-refractivity contribution in [2.24, 2.45) is 5.14 Å². The van der Waals surface area contributed by atoms with Crippen LogP contribution in [0.25, 0.3) is 20.9 Å². The molecule has 0 unspecified atom stereocenters. The highest BCUT2D eigenvalue weighted by Gasteiger charge is 2.17. The van der Waals surface area contributed by atoms with Crippen molar-refractivity contribution < 1.29 is 25.6 Å². The van der Waals surface area contributed by atoms with Crippen LogP contribution in [-0.4, -0.2) is 26.8 Å². The van der Waals surface area contributed by atoms with Crippen molar-refractivity contribution in [1.29, 1.82) is 0 Å². The van der Waals surface area contributed by atoms with Crippen LogP contribution in [0.2, 0.25) is 0 Å². The highest BCUT2D eigenvalue weighted by atomic mass is 35.7. The highest BCUT2D eigenvalue weighted by Crippen LogP contribution is 2.36. The maximum atomic E-state index is 12.7. The number of primary sulfonamides is 1. The van der Waals surface area contributed by atoms with Gasteiger partial charge in [-0.15, -0.1) is 22.7 Å². The van der Waals surface area contributed by atoms with Gasteiger partial charge in [-0.05, 0) is 61.4 Å². The summed E-state index contributed by atoms with van der Waals surface area (Å²) in [5.41, 5.74) is 2.87. The third-order valence-electron chi connectivity index (χ3n) is 4.29. The average Bonchev–Trinajstić information content (AvgIpc) is 3.33. The fourth-order valence-electron chi connectivity index (χ4n) is 2.76. The van der Waals surface area contributed by atoms with Gasteiger partial charge in [0.1, 0.15) is 8.42 Å². The molecular formula is C20H16ClF2N3O4S4. The Bertz CT molecular complexity index is 1420. The number of hydrogen-bond acceptors (Lipinski definition) is 8. The molecule has 0 aromatic carbocycles. The Morgan fingerprint density at radius 1 is 0.794 bits per heavy atom. The third kappa shape index (κ3) is 6.43. The van der Waals surface area contributed by atoms with Gasteiger partial charge in [0.15, 0.2) is 0 Å². The summed E-state index contributed by atoms with van der Waals surface area (Å²) in [5.74, 6) is -1.15. The van der Waals surface area contributed by atoms with Gasteiger partial charge in [0.2, 0.25) is 21.9 Å². The second-order valence-electron chi connectivity index (χ2n) is 6.88. The molecule has 14 heteroatoms. The topological polar surface area (TPSA) is 120 Å². The zero-order chi connectivity index (χ0) is 25.3. The maximum absolute atomic E-state index is 12.7. The van der Waals surface area contributed by atoms with Crippen LogP contribution in [0.3, 0.4) is 0 Å². The fourth-order valence-corrected chi connectivity index (χ4v) is 6.99. The molecule has 4 aromatic rings. The van der Waals surface area contributed by atoms with Crippen LogP contribution >= 0.6 is 33.4 Å². The summed E-state index contributed by atoms with van der Waals surface area (Å²) in [6, 6.07) is 8.54. The molecule has 0 saturated heterocycles. The Morgan fingerprint density at radius 3 is 1.50 bits per heavy atom. The van der Waals surface area contributed by atoms with Crippen molar-refractivity contribution in [3.63, 3.8) is 0 Å². The number of thiophene rings is 2. The van der Waals surface area contributed by atoms with E-state index in [0.29, 0.717) is 11.1 Å². The van der Waals surface area contributed by atoms with E-state index in [1.807, 2.05) is 0 Å². The number of aromatic nitrogens is 2. The smallest absolute Gasteiger partial charge is 0.228 e. The number of nitrogens with zero attached hydrogens (tertiary/aromatic N) is 2. The number of pyridine rings is 2. The zero-order valence-electron chi connectivity index (χ0n) is 17.5. The third-order valence-corrected chi connectivity index (χ3v) is 10.4. The number of aryl methyl sites for hydroxylation is 2. The Hall–Kier alpha value is -2.29. The first-order chi connectivity index (χ1) is 15.8. The Balaban J connectivity index is 0.000000191. The Morgan fingerprint density at radius 2 is 1.21 bits per heavy atom. The summed E-state index contributed by atoms with van der Waals surface area (Å²) >= 11 is 2.09. The van der Waals surface area contributed by atoms with E-state index in [4.69, 9.17) is 15.8 Å². The van der Waals surface area contributed by atoms with Crippen molar-refractivity contribution in [2.75, 3.05) is 0 Å². The second-order valence-corrected chi connectivity index (χ2v) is 13.6. The van der Waals surface area contributed by atoms with E-state index in [2.05, 4.69) is 9.97 Å². The highest BCUT2D eigenvalue weighted by molar-refractivity contribution is 8.15. The lowest BCUT2D eigenvalue weighted by atomic mass is 10.2. The minimum atomic E-state index is -3.72. The van der Waals surface area contributed by atoms with E-state index in [1.54, 1.807) is 26.0 Å². The van der Waals surface area contributed by atoms with Crippen LogP contribution in [0.4, 0.5) is 8.78 Å². The minimum absolute atomic E-state index is 0.0796. The molecule has 0 radical (unpaired) electrons. The molecule has 0 fully saturated rings. The largest absolute Gasteiger partial charge is 0.270 e. The Kier molecular flexibility index (Phi) is 7.85. The molecule has 180 valence electrons.